The van der Waals surface area contributed by atoms with Crippen LogP contribution in [0.3, 0.4) is 0 Å². The van der Waals surface area contributed by atoms with Crippen LogP contribution in [0.2, 0.25) is 5.02 Å². The Hall–Kier alpha value is -2.70. The van der Waals surface area contributed by atoms with Crippen molar-refractivity contribution in [2.24, 2.45) is 0 Å². The number of hydrogen-bond donors (Lipinski definition) is 3. The van der Waals surface area contributed by atoms with Gasteiger partial charge in [-0.25, -0.2) is 14.4 Å². The minimum Gasteiger partial charge on any atom is -0.396 e. The number of nitrogens with one attached hydrogen (secondary N) is 2. The van der Waals surface area contributed by atoms with Crippen molar-refractivity contribution in [2.45, 2.75) is 19.4 Å². The molecule has 1 aromatic carbocycles. The number of nitrogens with zero attached hydrogens (tertiary/aromatic N) is 2. The van der Waals surface area contributed by atoms with Crippen LogP contribution in [0.15, 0.2) is 54.7 Å². The Kier molecular flexibility index (Phi) is 7.17. The molecule has 5 nitrogen and oxygen atoms in total. The molecule has 0 aliphatic rings. The Balaban J connectivity index is 1.72. The molecule has 3 rings (SSSR count). The maximum absolute atomic E-state index is 13.3. The van der Waals surface area contributed by atoms with Gasteiger partial charge in [-0.05, 0) is 48.7 Å². The number of benzene rings is 1. The van der Waals surface area contributed by atoms with E-state index in [1.165, 1.54) is 12.1 Å². The Labute approximate surface area is 168 Å². The van der Waals surface area contributed by atoms with Crippen molar-refractivity contribution >= 4 is 23.2 Å². The zero-order valence-electron chi connectivity index (χ0n) is 15.3. The number of halogens is 2. The van der Waals surface area contributed by atoms with Crippen LogP contribution in [0.1, 0.15) is 18.4 Å². The molecular formula is C21H22ClFN4O. The summed E-state index contributed by atoms with van der Waals surface area (Å²) in [6, 6.07) is 13.9. The topological polar surface area (TPSA) is 70.1 Å². The van der Waals surface area contributed by atoms with Crippen molar-refractivity contribution in [3.05, 3.63) is 71.1 Å². The van der Waals surface area contributed by atoms with Crippen molar-refractivity contribution < 1.29 is 9.50 Å². The third-order valence-corrected chi connectivity index (χ3v) is 4.44. The first kappa shape index (κ1) is 20.0. The molecule has 0 aliphatic heterocycles. The molecule has 0 bridgehead atoms. The second kappa shape index (κ2) is 10.0. The molecule has 2 aromatic heterocycles. The molecule has 7 heteroatoms. The molecule has 0 fully saturated rings. The molecule has 0 saturated heterocycles. The highest BCUT2D eigenvalue weighted by Crippen LogP contribution is 2.28. The number of aromatic nitrogens is 2. The quantitative estimate of drug-likeness (QED) is 0.453. The van der Waals surface area contributed by atoms with Crippen LogP contribution < -0.4 is 10.6 Å². The average Bonchev–Trinajstić information content (AvgIpc) is 2.71. The van der Waals surface area contributed by atoms with Crippen molar-refractivity contribution in [3.63, 3.8) is 0 Å². The Morgan fingerprint density at radius 1 is 1.00 bits per heavy atom. The number of anilines is 2. The predicted octanol–water partition coefficient (Wildman–Crippen LogP) is 4.73. The van der Waals surface area contributed by atoms with Gasteiger partial charge in [0.05, 0.1) is 10.7 Å². The molecule has 0 aliphatic carbocycles. The highest BCUT2D eigenvalue weighted by Gasteiger charge is 2.08. The summed E-state index contributed by atoms with van der Waals surface area (Å²) in [5, 5.41) is 15.8. The smallest absolute Gasteiger partial charge is 0.126 e. The molecule has 3 aromatic rings. The van der Waals surface area contributed by atoms with Gasteiger partial charge in [0.1, 0.15) is 17.5 Å². The van der Waals surface area contributed by atoms with E-state index in [9.17, 15) is 4.39 Å². The first-order valence-electron chi connectivity index (χ1n) is 9.12. The molecule has 0 radical (unpaired) electrons. The van der Waals surface area contributed by atoms with E-state index in [0.717, 1.165) is 36.2 Å². The highest BCUT2D eigenvalue weighted by atomic mass is 35.5. The normalized spacial score (nSPS) is 10.7. The number of aliphatic hydroxyl groups is 1. The van der Waals surface area contributed by atoms with Crippen LogP contribution in [0, 0.1) is 5.82 Å². The molecule has 28 heavy (non-hydrogen) atoms. The Morgan fingerprint density at radius 3 is 2.68 bits per heavy atom. The molecule has 0 unspecified atom stereocenters. The lowest BCUT2D eigenvalue weighted by molar-refractivity contribution is 0.286. The third kappa shape index (κ3) is 5.65. The van der Waals surface area contributed by atoms with Gasteiger partial charge in [0.15, 0.2) is 0 Å². The number of hydrogen-bond acceptors (Lipinski definition) is 5. The van der Waals surface area contributed by atoms with E-state index in [0.29, 0.717) is 23.2 Å². The largest absolute Gasteiger partial charge is 0.396 e. The fraction of sp³-hybridized carbons (Fsp3) is 0.238. The summed E-state index contributed by atoms with van der Waals surface area (Å²) in [4.78, 5) is 8.90. The van der Waals surface area contributed by atoms with Crippen LogP contribution in [-0.4, -0.2) is 28.2 Å². The molecule has 2 heterocycles. The predicted molar refractivity (Wildman–Crippen MR) is 111 cm³/mol. The van der Waals surface area contributed by atoms with Gasteiger partial charge in [-0.1, -0.05) is 29.8 Å². The molecule has 0 saturated carbocycles. The van der Waals surface area contributed by atoms with Gasteiger partial charge in [-0.15, -0.1) is 0 Å². The molecule has 3 N–H and O–H groups in total. The van der Waals surface area contributed by atoms with E-state index >= 15 is 0 Å². The molecule has 0 spiro atoms. The standard InChI is InChI=1S/C21H22ClFN4O/c22-18-14-26-21(24-9-1-2-10-28)12-17(18)19-7-4-8-20(27-19)25-13-15-5-3-6-16(23)11-15/h3-8,11-12,14,28H,1-2,9-10,13H2,(H,24,26)(H,25,27). The van der Waals surface area contributed by atoms with E-state index in [2.05, 4.69) is 20.6 Å². The van der Waals surface area contributed by atoms with Gasteiger partial charge in [-0.2, -0.15) is 0 Å². The summed E-state index contributed by atoms with van der Waals surface area (Å²) in [6.07, 6.45) is 3.20. The zero-order valence-corrected chi connectivity index (χ0v) is 16.1. The van der Waals surface area contributed by atoms with Crippen molar-refractivity contribution in [3.8, 4) is 11.3 Å². The lowest BCUT2D eigenvalue weighted by Gasteiger charge is -2.11. The van der Waals surface area contributed by atoms with Crippen LogP contribution in [0.5, 0.6) is 0 Å². The fourth-order valence-electron chi connectivity index (χ4n) is 2.71. The molecule has 0 amide bonds. The Bertz CT molecular complexity index is 922. The van der Waals surface area contributed by atoms with Gasteiger partial charge in [0, 0.05) is 31.5 Å². The summed E-state index contributed by atoms with van der Waals surface area (Å²) < 4.78 is 13.3. The van der Waals surface area contributed by atoms with Gasteiger partial charge < -0.3 is 15.7 Å². The summed E-state index contributed by atoms with van der Waals surface area (Å²) in [5.41, 5.74) is 2.33. The van der Waals surface area contributed by atoms with Gasteiger partial charge in [-0.3, -0.25) is 0 Å². The summed E-state index contributed by atoms with van der Waals surface area (Å²) >= 11 is 6.33. The SMILES string of the molecule is OCCCCNc1cc(-c2cccc(NCc3cccc(F)c3)n2)c(Cl)cn1. The minimum atomic E-state index is -0.261. The second-order valence-corrected chi connectivity index (χ2v) is 6.71. The third-order valence-electron chi connectivity index (χ3n) is 4.13. The van der Waals surface area contributed by atoms with Gasteiger partial charge in [0.2, 0.25) is 0 Å². The Morgan fingerprint density at radius 2 is 1.86 bits per heavy atom. The summed E-state index contributed by atoms with van der Waals surface area (Å²) in [6.45, 7) is 1.37. The van der Waals surface area contributed by atoms with Gasteiger partial charge in [0.25, 0.3) is 0 Å². The second-order valence-electron chi connectivity index (χ2n) is 6.30. The number of pyridine rings is 2. The van der Waals surface area contributed by atoms with Gasteiger partial charge >= 0.3 is 0 Å². The summed E-state index contributed by atoms with van der Waals surface area (Å²) in [7, 11) is 0. The lowest BCUT2D eigenvalue weighted by Crippen LogP contribution is -2.05. The van der Waals surface area contributed by atoms with E-state index < -0.39 is 0 Å². The molecule has 146 valence electrons. The van der Waals surface area contributed by atoms with Crippen molar-refractivity contribution in [1.29, 1.82) is 0 Å². The molecule has 0 atom stereocenters. The number of aliphatic hydroxyl groups excluding tert-OH is 1. The zero-order chi connectivity index (χ0) is 19.8. The van der Waals surface area contributed by atoms with Crippen LogP contribution in [-0.2, 0) is 6.54 Å². The summed E-state index contributed by atoms with van der Waals surface area (Å²) in [5.74, 6) is 1.12. The number of rotatable bonds is 9. The fourth-order valence-corrected chi connectivity index (χ4v) is 2.91. The van der Waals surface area contributed by atoms with Crippen LogP contribution in [0.25, 0.3) is 11.3 Å². The molecular weight excluding hydrogens is 379 g/mol. The van der Waals surface area contributed by atoms with E-state index in [-0.39, 0.29) is 12.4 Å². The maximum Gasteiger partial charge on any atom is 0.126 e. The lowest BCUT2D eigenvalue weighted by atomic mass is 10.1. The average molecular weight is 401 g/mol. The van der Waals surface area contributed by atoms with E-state index in [4.69, 9.17) is 16.7 Å². The number of unbranched alkanes of at least 4 members (excludes halogenated alkanes) is 1. The van der Waals surface area contributed by atoms with E-state index in [1.807, 2.05) is 30.3 Å². The minimum absolute atomic E-state index is 0.181. The monoisotopic (exact) mass is 400 g/mol. The van der Waals surface area contributed by atoms with Crippen LogP contribution >= 0.6 is 11.6 Å². The highest BCUT2D eigenvalue weighted by molar-refractivity contribution is 6.33. The van der Waals surface area contributed by atoms with Crippen LogP contribution in [0.4, 0.5) is 16.0 Å². The maximum atomic E-state index is 13.3. The van der Waals surface area contributed by atoms with Crippen molar-refractivity contribution in [2.75, 3.05) is 23.8 Å². The first-order valence-corrected chi connectivity index (χ1v) is 9.49. The first-order chi connectivity index (χ1) is 13.7. The van der Waals surface area contributed by atoms with E-state index in [1.54, 1.807) is 12.3 Å². The van der Waals surface area contributed by atoms with Crippen molar-refractivity contribution in [1.82, 2.24) is 9.97 Å².